The van der Waals surface area contributed by atoms with Crippen LogP contribution >= 0.6 is 0 Å². The van der Waals surface area contributed by atoms with Crippen LogP contribution < -0.4 is 27.0 Å². The van der Waals surface area contributed by atoms with Gasteiger partial charge in [-0.15, -0.1) is 0 Å². The van der Waals surface area contributed by atoms with E-state index < -0.39 is 11.8 Å². The summed E-state index contributed by atoms with van der Waals surface area (Å²) >= 11 is 0. The molecule has 0 saturated heterocycles. The molecule has 166 valence electrons. The zero-order chi connectivity index (χ0) is 23.1. The van der Waals surface area contributed by atoms with E-state index in [0.29, 0.717) is 35.0 Å². The summed E-state index contributed by atoms with van der Waals surface area (Å²) in [6, 6.07) is 10.4. The van der Waals surface area contributed by atoms with Gasteiger partial charge in [0, 0.05) is 31.9 Å². The Morgan fingerprint density at radius 3 is 2.59 bits per heavy atom. The molecule has 0 aliphatic rings. The molecule has 0 radical (unpaired) electrons. The minimum Gasteiger partial charge on any atom is -0.384 e. The fourth-order valence-corrected chi connectivity index (χ4v) is 2.91. The molecule has 9 nitrogen and oxygen atoms in total. The molecule has 0 aliphatic heterocycles. The maximum atomic E-state index is 14.6. The number of nitrogens with zero attached hydrogens (tertiary/aromatic N) is 2. The van der Waals surface area contributed by atoms with Crippen molar-refractivity contribution in [2.45, 2.75) is 13.5 Å². The molecule has 32 heavy (non-hydrogen) atoms. The number of nitrogen functional groups attached to an aromatic ring is 1. The molecule has 0 fully saturated rings. The first-order valence-corrected chi connectivity index (χ1v) is 9.93. The van der Waals surface area contributed by atoms with Gasteiger partial charge >= 0.3 is 6.03 Å². The average molecular weight is 437 g/mol. The van der Waals surface area contributed by atoms with Gasteiger partial charge in [-0.1, -0.05) is 12.1 Å². The first-order chi connectivity index (χ1) is 15.4. The fraction of sp³-hybridized carbons (Fsp3) is 0.182. The molecule has 2 aromatic heterocycles. The highest BCUT2D eigenvalue weighted by Gasteiger charge is 2.14. The third kappa shape index (κ3) is 5.48. The van der Waals surface area contributed by atoms with Crippen LogP contribution in [-0.2, 0) is 6.54 Å². The standard InChI is InChI=1S/C22H24FN7O2/c1-3-26-20-15(21(31)25-2)6-8-17(29-20)14-5-7-18(16(23)10-14)30-22(32)28-12-13-4-9-19(24)27-11-13/h4-11H,3,12H2,1-2H3,(H2,24,27)(H,25,31)(H,26,29)(H2,28,30,32). The van der Waals surface area contributed by atoms with Crippen molar-refractivity contribution in [2.24, 2.45) is 0 Å². The maximum absolute atomic E-state index is 14.6. The highest BCUT2D eigenvalue weighted by atomic mass is 19.1. The largest absolute Gasteiger partial charge is 0.384 e. The van der Waals surface area contributed by atoms with Crippen molar-refractivity contribution >= 4 is 29.3 Å². The first-order valence-electron chi connectivity index (χ1n) is 9.93. The number of amides is 3. The van der Waals surface area contributed by atoms with Crippen molar-refractivity contribution in [3.05, 3.63) is 65.6 Å². The Balaban J connectivity index is 1.71. The van der Waals surface area contributed by atoms with Gasteiger partial charge in [0.15, 0.2) is 0 Å². The number of nitrogens with one attached hydrogen (secondary N) is 4. The normalized spacial score (nSPS) is 10.3. The number of hydrogen-bond donors (Lipinski definition) is 5. The third-order valence-electron chi connectivity index (χ3n) is 4.52. The van der Waals surface area contributed by atoms with Crippen LogP contribution in [-0.4, -0.2) is 35.5 Å². The lowest BCUT2D eigenvalue weighted by Gasteiger charge is -2.12. The second kappa shape index (κ2) is 10.2. The van der Waals surface area contributed by atoms with E-state index in [0.717, 1.165) is 5.56 Å². The minimum atomic E-state index is -0.617. The molecule has 0 bridgehead atoms. The summed E-state index contributed by atoms with van der Waals surface area (Å²) < 4.78 is 14.6. The maximum Gasteiger partial charge on any atom is 0.319 e. The summed E-state index contributed by atoms with van der Waals surface area (Å²) in [5.74, 6) is -0.0975. The van der Waals surface area contributed by atoms with Crippen molar-refractivity contribution in [1.82, 2.24) is 20.6 Å². The fourth-order valence-electron chi connectivity index (χ4n) is 2.91. The van der Waals surface area contributed by atoms with Crippen LogP contribution in [0.4, 0.5) is 26.5 Å². The van der Waals surface area contributed by atoms with Crippen molar-refractivity contribution in [3.8, 4) is 11.3 Å². The smallest absolute Gasteiger partial charge is 0.319 e. The van der Waals surface area contributed by atoms with E-state index in [2.05, 4.69) is 31.2 Å². The van der Waals surface area contributed by atoms with Crippen LogP contribution in [0.2, 0.25) is 0 Å². The second-order valence-corrected chi connectivity index (χ2v) is 6.80. The van der Waals surface area contributed by atoms with Gasteiger partial charge in [0.1, 0.15) is 17.5 Å². The summed E-state index contributed by atoms with van der Waals surface area (Å²) in [5, 5.41) is 10.7. The molecular weight excluding hydrogens is 413 g/mol. The summed E-state index contributed by atoms with van der Waals surface area (Å²) in [4.78, 5) is 32.5. The SMILES string of the molecule is CCNc1nc(-c2ccc(NC(=O)NCc3ccc(N)nc3)c(F)c2)ccc1C(=O)NC. The molecule has 10 heteroatoms. The van der Waals surface area contributed by atoms with Gasteiger partial charge in [-0.25, -0.2) is 19.2 Å². The number of anilines is 3. The lowest BCUT2D eigenvalue weighted by atomic mass is 10.1. The molecule has 0 unspecified atom stereocenters. The Kier molecular flexibility index (Phi) is 7.17. The quantitative estimate of drug-likeness (QED) is 0.386. The number of nitrogens with two attached hydrogens (primary N) is 1. The van der Waals surface area contributed by atoms with Crippen LogP contribution in [0.15, 0.2) is 48.7 Å². The molecule has 1 aromatic carbocycles. The Bertz CT molecular complexity index is 1120. The van der Waals surface area contributed by atoms with Crippen LogP contribution in [0.3, 0.4) is 0 Å². The van der Waals surface area contributed by atoms with Crippen LogP contribution in [0.1, 0.15) is 22.8 Å². The number of benzene rings is 1. The summed E-state index contributed by atoms with van der Waals surface area (Å²) in [7, 11) is 1.54. The zero-order valence-corrected chi connectivity index (χ0v) is 17.7. The molecule has 0 spiro atoms. The van der Waals surface area contributed by atoms with E-state index in [-0.39, 0.29) is 18.1 Å². The third-order valence-corrected chi connectivity index (χ3v) is 4.52. The van der Waals surface area contributed by atoms with Crippen LogP contribution in [0.25, 0.3) is 11.3 Å². The van der Waals surface area contributed by atoms with Gasteiger partial charge in [-0.3, -0.25) is 4.79 Å². The van der Waals surface area contributed by atoms with Crippen molar-refractivity contribution < 1.29 is 14.0 Å². The number of aromatic nitrogens is 2. The highest BCUT2D eigenvalue weighted by Crippen LogP contribution is 2.25. The monoisotopic (exact) mass is 437 g/mol. The topological polar surface area (TPSA) is 134 Å². The van der Waals surface area contributed by atoms with Gasteiger partial charge < -0.3 is 27.0 Å². The van der Waals surface area contributed by atoms with Crippen molar-refractivity contribution in [2.75, 3.05) is 30.0 Å². The molecule has 3 rings (SSSR count). The van der Waals surface area contributed by atoms with Crippen LogP contribution in [0.5, 0.6) is 0 Å². The van der Waals surface area contributed by atoms with E-state index in [9.17, 15) is 14.0 Å². The summed E-state index contributed by atoms with van der Waals surface area (Å²) in [6.07, 6.45) is 1.55. The second-order valence-electron chi connectivity index (χ2n) is 6.80. The van der Waals surface area contributed by atoms with Gasteiger partial charge in [-0.2, -0.15) is 0 Å². The summed E-state index contributed by atoms with van der Waals surface area (Å²) in [5.41, 5.74) is 7.69. The molecule has 0 saturated carbocycles. The van der Waals surface area contributed by atoms with E-state index in [1.807, 2.05) is 6.92 Å². The Morgan fingerprint density at radius 1 is 1.12 bits per heavy atom. The Hall–Kier alpha value is -4.21. The van der Waals surface area contributed by atoms with Crippen LogP contribution in [0, 0.1) is 5.82 Å². The van der Waals surface area contributed by atoms with Crippen molar-refractivity contribution in [3.63, 3.8) is 0 Å². The molecule has 0 atom stereocenters. The zero-order valence-electron chi connectivity index (χ0n) is 17.7. The number of rotatable bonds is 7. The average Bonchev–Trinajstić information content (AvgIpc) is 2.79. The predicted molar refractivity (Wildman–Crippen MR) is 122 cm³/mol. The number of hydrogen-bond acceptors (Lipinski definition) is 6. The highest BCUT2D eigenvalue weighted by molar-refractivity contribution is 5.99. The number of carbonyl (C=O) groups excluding carboxylic acids is 2. The molecule has 3 aromatic rings. The predicted octanol–water partition coefficient (Wildman–Crippen LogP) is 2.98. The molecule has 6 N–H and O–H groups in total. The van der Waals surface area contributed by atoms with Gasteiger partial charge in [0.05, 0.1) is 16.9 Å². The van der Waals surface area contributed by atoms with Gasteiger partial charge in [0.25, 0.3) is 5.91 Å². The van der Waals surface area contributed by atoms with E-state index in [1.54, 1.807) is 36.5 Å². The van der Waals surface area contributed by atoms with Gasteiger partial charge in [0.2, 0.25) is 0 Å². The minimum absolute atomic E-state index is 0.0237. The Labute approximate surface area is 184 Å². The molecule has 0 aliphatic carbocycles. The van der Waals surface area contributed by atoms with E-state index in [1.165, 1.54) is 19.2 Å². The number of carbonyl (C=O) groups is 2. The number of pyridine rings is 2. The molecular formula is C22H24FN7O2. The Morgan fingerprint density at radius 2 is 1.94 bits per heavy atom. The molecule has 2 heterocycles. The lowest BCUT2D eigenvalue weighted by Crippen LogP contribution is -2.28. The van der Waals surface area contributed by atoms with Crippen molar-refractivity contribution in [1.29, 1.82) is 0 Å². The number of halogens is 1. The van der Waals surface area contributed by atoms with E-state index >= 15 is 0 Å². The van der Waals surface area contributed by atoms with Gasteiger partial charge in [-0.05, 0) is 42.8 Å². The lowest BCUT2D eigenvalue weighted by molar-refractivity contribution is 0.0963. The molecule has 3 amide bonds. The number of urea groups is 1. The summed E-state index contributed by atoms with van der Waals surface area (Å²) in [6.45, 7) is 2.67. The first kappa shape index (κ1) is 22.5. The van der Waals surface area contributed by atoms with E-state index in [4.69, 9.17) is 5.73 Å².